The average molecular weight is 190 g/mol. The maximum Gasteiger partial charge on any atom is 0.113 e. The second-order valence-corrected chi connectivity index (χ2v) is 3.61. The van der Waals surface area contributed by atoms with E-state index in [2.05, 4.69) is 4.72 Å². The molecule has 1 atom stereocenters. The fraction of sp³-hybridized carbons (Fsp3) is 0.143. The molecule has 11 heavy (non-hydrogen) atoms. The van der Waals surface area contributed by atoms with Gasteiger partial charge in [0, 0.05) is 17.0 Å². The molecule has 0 fully saturated rings. The van der Waals surface area contributed by atoms with Gasteiger partial charge in [0.1, 0.15) is 11.0 Å². The van der Waals surface area contributed by atoms with Crippen LogP contribution >= 0.6 is 11.6 Å². The summed E-state index contributed by atoms with van der Waals surface area (Å²) in [6.07, 6.45) is 1.58. The molecule has 4 heteroatoms. The van der Waals surface area contributed by atoms with E-state index >= 15 is 0 Å². The summed E-state index contributed by atoms with van der Waals surface area (Å²) in [5.74, 6) is 0. The van der Waals surface area contributed by atoms with E-state index in [1.165, 1.54) is 0 Å². The van der Waals surface area contributed by atoms with Crippen molar-refractivity contribution in [3.05, 3.63) is 29.3 Å². The maximum atomic E-state index is 10.7. The Bertz CT molecular complexity index is 260. The van der Waals surface area contributed by atoms with Crippen LogP contribution in [0.3, 0.4) is 0 Å². The van der Waals surface area contributed by atoms with Crippen molar-refractivity contribution in [3.63, 3.8) is 0 Å². The first-order valence-electron chi connectivity index (χ1n) is 3.04. The normalized spacial score (nSPS) is 12.5. The second kappa shape index (κ2) is 3.74. The molecule has 0 aliphatic heterocycles. The third kappa shape index (κ3) is 2.91. The van der Waals surface area contributed by atoms with Crippen LogP contribution in [0.1, 0.15) is 0 Å². The zero-order valence-electron chi connectivity index (χ0n) is 6.00. The molecule has 1 unspecified atom stereocenters. The van der Waals surface area contributed by atoms with Crippen LogP contribution in [-0.2, 0) is 11.0 Å². The lowest BCUT2D eigenvalue weighted by Crippen LogP contribution is -2.00. The topological polar surface area (TPSA) is 29.1 Å². The van der Waals surface area contributed by atoms with Crippen LogP contribution in [0.2, 0.25) is 5.02 Å². The highest BCUT2D eigenvalue weighted by Crippen LogP contribution is 2.13. The molecule has 60 valence electrons. The highest BCUT2D eigenvalue weighted by atomic mass is 35.5. The fourth-order valence-electron chi connectivity index (χ4n) is 0.684. The number of anilines is 1. The predicted molar refractivity (Wildman–Crippen MR) is 49.1 cm³/mol. The quantitative estimate of drug-likeness (QED) is 0.758. The van der Waals surface area contributed by atoms with Gasteiger partial charge >= 0.3 is 0 Å². The predicted octanol–water partition coefficient (Wildman–Crippen LogP) is 2.05. The van der Waals surface area contributed by atoms with Crippen LogP contribution in [-0.4, -0.2) is 10.5 Å². The van der Waals surface area contributed by atoms with Gasteiger partial charge in [-0.2, -0.15) is 0 Å². The van der Waals surface area contributed by atoms with Crippen molar-refractivity contribution < 1.29 is 4.21 Å². The molecule has 0 spiro atoms. The Balaban J connectivity index is 2.74. The number of nitrogens with one attached hydrogen (secondary N) is 1. The van der Waals surface area contributed by atoms with Crippen molar-refractivity contribution >= 4 is 28.3 Å². The molecular weight excluding hydrogens is 182 g/mol. The van der Waals surface area contributed by atoms with E-state index in [0.29, 0.717) is 5.02 Å². The number of hydrogen-bond acceptors (Lipinski definition) is 1. The van der Waals surface area contributed by atoms with Crippen molar-refractivity contribution in [2.75, 3.05) is 11.0 Å². The van der Waals surface area contributed by atoms with E-state index in [1.807, 2.05) is 0 Å². The molecule has 0 radical (unpaired) electrons. The molecule has 0 aliphatic carbocycles. The van der Waals surface area contributed by atoms with Gasteiger partial charge in [0.25, 0.3) is 0 Å². The zero-order chi connectivity index (χ0) is 8.27. The van der Waals surface area contributed by atoms with Crippen LogP contribution in [0, 0.1) is 0 Å². The van der Waals surface area contributed by atoms with Gasteiger partial charge in [0.15, 0.2) is 0 Å². The van der Waals surface area contributed by atoms with Crippen molar-refractivity contribution in [2.24, 2.45) is 0 Å². The van der Waals surface area contributed by atoms with Crippen LogP contribution in [0.5, 0.6) is 0 Å². The van der Waals surface area contributed by atoms with Crippen molar-refractivity contribution in [3.8, 4) is 0 Å². The van der Waals surface area contributed by atoms with Crippen LogP contribution in [0.15, 0.2) is 24.3 Å². The summed E-state index contributed by atoms with van der Waals surface area (Å²) in [5.41, 5.74) is 0.815. The van der Waals surface area contributed by atoms with E-state index in [4.69, 9.17) is 11.6 Å². The summed E-state index contributed by atoms with van der Waals surface area (Å²) in [6.45, 7) is 0. The molecule has 0 bridgehead atoms. The Morgan fingerprint density at radius 3 is 2.36 bits per heavy atom. The first-order chi connectivity index (χ1) is 5.18. The minimum atomic E-state index is -1.02. The third-order valence-electron chi connectivity index (χ3n) is 1.11. The van der Waals surface area contributed by atoms with E-state index in [9.17, 15) is 4.21 Å². The molecule has 0 saturated carbocycles. The summed E-state index contributed by atoms with van der Waals surface area (Å²) in [5, 5.41) is 0.678. The lowest BCUT2D eigenvalue weighted by molar-refractivity contribution is 0.690. The highest BCUT2D eigenvalue weighted by molar-refractivity contribution is 7.85. The Morgan fingerprint density at radius 1 is 1.36 bits per heavy atom. The van der Waals surface area contributed by atoms with E-state index in [-0.39, 0.29) is 0 Å². The van der Waals surface area contributed by atoms with Gasteiger partial charge in [-0.3, -0.25) is 0 Å². The molecule has 0 aromatic heterocycles. The van der Waals surface area contributed by atoms with Crippen molar-refractivity contribution in [1.82, 2.24) is 0 Å². The van der Waals surface area contributed by atoms with Gasteiger partial charge in [-0.05, 0) is 24.3 Å². The fourth-order valence-corrected chi connectivity index (χ4v) is 1.28. The SMILES string of the molecule is CS(=O)Nc1ccc(Cl)cc1. The van der Waals surface area contributed by atoms with Crippen molar-refractivity contribution in [1.29, 1.82) is 0 Å². The van der Waals surface area contributed by atoms with Gasteiger partial charge < -0.3 is 4.72 Å². The minimum Gasteiger partial charge on any atom is -0.305 e. The second-order valence-electron chi connectivity index (χ2n) is 2.06. The standard InChI is InChI=1S/C7H8ClNOS/c1-11(10)9-7-4-2-6(8)3-5-7/h2-5,9H,1H3. The number of hydrogen-bond donors (Lipinski definition) is 1. The Labute approximate surface area is 73.2 Å². The van der Waals surface area contributed by atoms with Gasteiger partial charge in [-0.15, -0.1) is 0 Å². The lowest BCUT2D eigenvalue weighted by atomic mass is 10.3. The Hall–Kier alpha value is -0.540. The van der Waals surface area contributed by atoms with Crippen molar-refractivity contribution in [2.45, 2.75) is 0 Å². The molecule has 0 amide bonds. The number of benzene rings is 1. The van der Waals surface area contributed by atoms with Crippen LogP contribution < -0.4 is 4.72 Å². The molecule has 2 nitrogen and oxygen atoms in total. The molecule has 1 N–H and O–H groups in total. The molecule has 0 saturated heterocycles. The smallest absolute Gasteiger partial charge is 0.113 e. The van der Waals surface area contributed by atoms with E-state index in [1.54, 1.807) is 30.5 Å². The molecule has 1 rings (SSSR count). The molecular formula is C7H8ClNOS. The monoisotopic (exact) mass is 189 g/mol. The number of rotatable bonds is 2. The largest absolute Gasteiger partial charge is 0.305 e. The minimum absolute atomic E-state index is 0.678. The summed E-state index contributed by atoms with van der Waals surface area (Å²) >= 11 is 5.64. The summed E-state index contributed by atoms with van der Waals surface area (Å²) in [7, 11) is -1.02. The lowest BCUT2D eigenvalue weighted by Gasteiger charge is -2.00. The Kier molecular flexibility index (Phi) is 2.91. The van der Waals surface area contributed by atoms with Gasteiger partial charge in [0.2, 0.25) is 0 Å². The van der Waals surface area contributed by atoms with Crippen LogP contribution in [0.25, 0.3) is 0 Å². The average Bonchev–Trinajstić information content (AvgIpc) is 1.93. The molecule has 1 aromatic rings. The molecule has 0 aliphatic rings. The zero-order valence-corrected chi connectivity index (χ0v) is 7.58. The first kappa shape index (κ1) is 8.56. The first-order valence-corrected chi connectivity index (χ1v) is 4.98. The summed E-state index contributed by atoms with van der Waals surface area (Å²) in [6, 6.07) is 7.06. The van der Waals surface area contributed by atoms with E-state index in [0.717, 1.165) is 5.69 Å². The summed E-state index contributed by atoms with van der Waals surface area (Å²) in [4.78, 5) is 0. The van der Waals surface area contributed by atoms with Gasteiger partial charge in [0.05, 0.1) is 0 Å². The highest BCUT2D eigenvalue weighted by Gasteiger charge is 1.92. The van der Waals surface area contributed by atoms with E-state index < -0.39 is 11.0 Å². The molecule has 1 aromatic carbocycles. The maximum absolute atomic E-state index is 10.7. The van der Waals surface area contributed by atoms with Crippen LogP contribution in [0.4, 0.5) is 5.69 Å². The van der Waals surface area contributed by atoms with Gasteiger partial charge in [-0.1, -0.05) is 11.6 Å². The van der Waals surface area contributed by atoms with Gasteiger partial charge in [-0.25, -0.2) is 4.21 Å². The Morgan fingerprint density at radius 2 is 1.91 bits per heavy atom. The number of halogens is 1. The third-order valence-corrected chi connectivity index (χ3v) is 1.88. The summed E-state index contributed by atoms with van der Waals surface area (Å²) < 4.78 is 13.4. The molecule has 0 heterocycles.